The molecule has 4 amide bonds. The molecule has 4 rings (SSSR count). The molecule has 0 aliphatic carbocycles. The largest absolute Gasteiger partial charge is 0.477 e. The van der Waals surface area contributed by atoms with Crippen LogP contribution >= 0.6 is 34.9 Å². The van der Waals surface area contributed by atoms with E-state index in [1.54, 1.807) is 35.4 Å². The first-order valence-electron chi connectivity index (χ1n) is 9.55. The molecule has 0 spiro atoms. The van der Waals surface area contributed by atoms with E-state index in [4.69, 9.17) is 5.73 Å². The Balaban J connectivity index is 1.48. The summed E-state index contributed by atoms with van der Waals surface area (Å²) < 4.78 is 1.58. The molecule has 2 unspecified atom stereocenters. The second-order valence-electron chi connectivity index (χ2n) is 7.09. The Hall–Kier alpha value is -3.04. The normalized spacial score (nSPS) is 20.6. The first-order chi connectivity index (χ1) is 15.8. The predicted molar refractivity (Wildman–Crippen MR) is 121 cm³/mol. The van der Waals surface area contributed by atoms with Gasteiger partial charge in [-0.2, -0.15) is 0 Å². The van der Waals surface area contributed by atoms with Gasteiger partial charge < -0.3 is 21.5 Å². The van der Waals surface area contributed by atoms with Gasteiger partial charge in [-0.05, 0) is 17.0 Å². The molecule has 12 nitrogen and oxygen atoms in total. The van der Waals surface area contributed by atoms with Gasteiger partial charge in [0, 0.05) is 23.4 Å². The van der Waals surface area contributed by atoms with Crippen LogP contribution in [0.2, 0.25) is 0 Å². The van der Waals surface area contributed by atoms with E-state index < -0.39 is 41.3 Å². The minimum Gasteiger partial charge on any atom is -0.477 e. The van der Waals surface area contributed by atoms with E-state index in [9.17, 15) is 24.3 Å². The third-order valence-electron chi connectivity index (χ3n) is 4.99. The van der Waals surface area contributed by atoms with Gasteiger partial charge in [0.2, 0.25) is 5.91 Å². The number of aromatic nitrogens is 3. The zero-order valence-corrected chi connectivity index (χ0v) is 19.6. The lowest BCUT2D eigenvalue weighted by Crippen LogP contribution is -2.71. The second kappa shape index (κ2) is 9.44. The molecule has 15 heteroatoms. The number of carbonyl (C=O) groups is 4. The number of carboxylic acid groups (broad SMARTS) is 1. The summed E-state index contributed by atoms with van der Waals surface area (Å²) in [5, 5.41) is 24.4. The van der Waals surface area contributed by atoms with E-state index >= 15 is 0 Å². The van der Waals surface area contributed by atoms with Crippen molar-refractivity contribution < 1.29 is 24.3 Å². The van der Waals surface area contributed by atoms with E-state index in [0.717, 1.165) is 5.03 Å². The summed E-state index contributed by atoms with van der Waals surface area (Å²) in [7, 11) is 1.73. The zero-order chi connectivity index (χ0) is 23.7. The summed E-state index contributed by atoms with van der Waals surface area (Å²) in [6.45, 7) is 0. The number of primary amides is 1. The number of aryl methyl sites for hydroxylation is 1. The van der Waals surface area contributed by atoms with Crippen LogP contribution in [0.3, 0.4) is 0 Å². The number of aliphatic carboxylic acids is 1. The fourth-order valence-corrected chi connectivity index (χ4v) is 6.62. The lowest BCUT2D eigenvalue weighted by atomic mass is 10.0. The molecule has 2 aliphatic rings. The van der Waals surface area contributed by atoms with Crippen LogP contribution in [0.5, 0.6) is 0 Å². The SMILES string of the molecule is Cn1nncc1SCC1=C(C(=O)O)N2C(=O)[C@H](NC(=O)C(NC(N)=O)c3cccs3)C2SC1. The van der Waals surface area contributed by atoms with E-state index in [1.165, 1.54) is 39.8 Å². The molecule has 1 fully saturated rings. The first-order valence-corrected chi connectivity index (χ1v) is 12.5. The maximum absolute atomic E-state index is 12.9. The molecule has 0 saturated carbocycles. The highest BCUT2D eigenvalue weighted by Crippen LogP contribution is 2.41. The van der Waals surface area contributed by atoms with Gasteiger partial charge in [-0.25, -0.2) is 14.3 Å². The molecule has 2 aromatic heterocycles. The van der Waals surface area contributed by atoms with Gasteiger partial charge in [-0.3, -0.25) is 14.5 Å². The van der Waals surface area contributed by atoms with Crippen LogP contribution in [0, 0.1) is 0 Å². The van der Waals surface area contributed by atoms with Gasteiger partial charge in [-0.1, -0.05) is 11.3 Å². The van der Waals surface area contributed by atoms with Crippen LogP contribution < -0.4 is 16.4 Å². The number of fused-ring (bicyclic) bond motifs is 1. The maximum Gasteiger partial charge on any atom is 0.352 e. The second-order valence-corrected chi connectivity index (χ2v) is 10.2. The molecule has 0 radical (unpaired) electrons. The minimum atomic E-state index is -1.20. The van der Waals surface area contributed by atoms with Crippen molar-refractivity contribution in [2.45, 2.75) is 22.5 Å². The van der Waals surface area contributed by atoms with Gasteiger partial charge in [0.15, 0.2) is 0 Å². The summed E-state index contributed by atoms with van der Waals surface area (Å²) >= 11 is 4.00. The molecule has 2 aromatic rings. The number of urea groups is 1. The lowest BCUT2D eigenvalue weighted by Gasteiger charge is -2.49. The van der Waals surface area contributed by atoms with E-state index in [1.807, 2.05) is 0 Å². The van der Waals surface area contributed by atoms with Crippen molar-refractivity contribution in [3.63, 3.8) is 0 Å². The van der Waals surface area contributed by atoms with Crippen LogP contribution in [0.25, 0.3) is 0 Å². The van der Waals surface area contributed by atoms with Crippen molar-refractivity contribution in [3.8, 4) is 0 Å². The quantitative estimate of drug-likeness (QED) is 0.285. The number of thioether (sulfide) groups is 2. The standard InChI is InChI=1S/C18H19N7O5S3/c1-24-10(5-20-23-24)32-6-8-7-33-16-12(15(27)25(16)13(8)17(28)29)21-14(26)11(22-18(19)30)9-3-2-4-31-9/h2-5,11-12,16H,6-7H2,1H3,(H,21,26)(H,28,29)(H3,19,22,30)/t11?,12-,16?/m0/s1. The molecule has 33 heavy (non-hydrogen) atoms. The number of thiophene rings is 1. The molecule has 1 saturated heterocycles. The Morgan fingerprint density at radius 1 is 1.42 bits per heavy atom. The monoisotopic (exact) mass is 509 g/mol. The average molecular weight is 510 g/mol. The van der Waals surface area contributed by atoms with Gasteiger partial charge in [0.25, 0.3) is 5.91 Å². The number of hydrogen-bond acceptors (Lipinski definition) is 9. The molecule has 174 valence electrons. The molecule has 0 aromatic carbocycles. The Bertz CT molecular complexity index is 1130. The molecule has 4 heterocycles. The van der Waals surface area contributed by atoms with E-state index in [0.29, 0.717) is 22.0 Å². The molecule has 3 atom stereocenters. The number of rotatable bonds is 8. The van der Waals surface area contributed by atoms with Crippen molar-refractivity contribution in [3.05, 3.63) is 39.9 Å². The predicted octanol–water partition coefficient (Wildman–Crippen LogP) is 0.117. The van der Waals surface area contributed by atoms with Crippen LogP contribution in [0.15, 0.2) is 40.0 Å². The highest BCUT2D eigenvalue weighted by molar-refractivity contribution is 8.01. The summed E-state index contributed by atoms with van der Waals surface area (Å²) in [6, 6.07) is 0.555. The van der Waals surface area contributed by atoms with Gasteiger partial charge in [0.05, 0.1) is 6.20 Å². The Kier molecular flexibility index (Phi) is 6.62. The lowest BCUT2D eigenvalue weighted by molar-refractivity contribution is -0.150. The summed E-state index contributed by atoms with van der Waals surface area (Å²) in [4.78, 5) is 50.8. The summed E-state index contributed by atoms with van der Waals surface area (Å²) in [5.74, 6) is -1.59. The van der Waals surface area contributed by atoms with Crippen molar-refractivity contribution in [2.24, 2.45) is 12.8 Å². The summed E-state index contributed by atoms with van der Waals surface area (Å²) in [5.41, 5.74) is 5.73. The number of β-lactam (4-membered cyclic amide) rings is 1. The van der Waals surface area contributed by atoms with Gasteiger partial charge >= 0.3 is 12.0 Å². The number of carboxylic acids is 1. The third-order valence-corrected chi connectivity index (χ3v) is 8.43. The minimum absolute atomic E-state index is 0.0676. The molecule has 5 N–H and O–H groups in total. The molecular formula is C18H19N7O5S3. The van der Waals surface area contributed by atoms with E-state index in [2.05, 4.69) is 20.9 Å². The average Bonchev–Trinajstić information content (AvgIpc) is 3.45. The number of nitrogens with one attached hydrogen (secondary N) is 2. The van der Waals surface area contributed by atoms with Crippen LogP contribution in [0.1, 0.15) is 10.9 Å². The fraction of sp³-hybridized carbons (Fsp3) is 0.333. The number of hydrogen-bond donors (Lipinski definition) is 4. The van der Waals surface area contributed by atoms with Crippen molar-refractivity contribution in [1.29, 1.82) is 0 Å². The highest BCUT2D eigenvalue weighted by Gasteiger charge is 2.54. The fourth-order valence-electron chi connectivity index (χ4n) is 3.47. The van der Waals surface area contributed by atoms with Crippen molar-refractivity contribution in [1.82, 2.24) is 30.5 Å². The van der Waals surface area contributed by atoms with Crippen molar-refractivity contribution in [2.75, 3.05) is 11.5 Å². The Morgan fingerprint density at radius 3 is 2.82 bits per heavy atom. The maximum atomic E-state index is 12.9. The molecular weight excluding hydrogens is 490 g/mol. The third kappa shape index (κ3) is 4.56. The Labute approximate surface area is 199 Å². The number of nitrogens with two attached hydrogens (primary N) is 1. The zero-order valence-electron chi connectivity index (χ0n) is 17.1. The van der Waals surface area contributed by atoms with Crippen LogP contribution in [-0.2, 0) is 21.4 Å². The Morgan fingerprint density at radius 2 is 2.21 bits per heavy atom. The van der Waals surface area contributed by atoms with Gasteiger partial charge in [0.1, 0.15) is 28.2 Å². The van der Waals surface area contributed by atoms with Crippen LogP contribution in [-0.4, -0.2) is 71.7 Å². The smallest absolute Gasteiger partial charge is 0.352 e. The molecule has 0 bridgehead atoms. The highest BCUT2D eigenvalue weighted by atomic mass is 32.2. The van der Waals surface area contributed by atoms with Crippen molar-refractivity contribution >= 4 is 58.7 Å². The van der Waals surface area contributed by atoms with Gasteiger partial charge in [-0.15, -0.1) is 40.0 Å². The summed E-state index contributed by atoms with van der Waals surface area (Å²) in [6.07, 6.45) is 1.58. The molecule has 2 aliphatic heterocycles. The first kappa shape index (κ1) is 23.1. The van der Waals surface area contributed by atoms with E-state index in [-0.39, 0.29) is 5.70 Å². The van der Waals surface area contributed by atoms with Crippen LogP contribution in [0.4, 0.5) is 4.79 Å². The number of amides is 4. The number of nitrogens with zero attached hydrogens (tertiary/aromatic N) is 4. The topological polar surface area (TPSA) is 173 Å². The number of carbonyl (C=O) groups excluding carboxylic acids is 3.